The molecule has 27 heavy (non-hydrogen) atoms. The number of carbonyl (C=O) groups is 1. The van der Waals surface area contributed by atoms with Crippen LogP contribution in [0.25, 0.3) is 0 Å². The predicted octanol–water partition coefficient (Wildman–Crippen LogP) is 4.28. The summed E-state index contributed by atoms with van der Waals surface area (Å²) >= 11 is 0. The molecule has 0 spiro atoms. The van der Waals surface area contributed by atoms with Gasteiger partial charge in [-0.15, -0.1) is 0 Å². The summed E-state index contributed by atoms with van der Waals surface area (Å²) in [4.78, 5) is 17.5. The van der Waals surface area contributed by atoms with Crippen molar-refractivity contribution in [3.8, 4) is 0 Å². The zero-order valence-electron chi connectivity index (χ0n) is 15.8. The molecule has 1 amide bonds. The second kappa shape index (κ2) is 8.53. The Bertz CT molecular complexity index is 724. The van der Waals surface area contributed by atoms with Crippen LogP contribution in [0.2, 0.25) is 0 Å². The average molecular weight is 361 g/mol. The number of carbonyl (C=O) groups excluding carboxylic acids is 1. The van der Waals surface area contributed by atoms with Crippen molar-refractivity contribution in [2.75, 3.05) is 26.2 Å². The topological polar surface area (TPSA) is 23.6 Å². The molecule has 2 aromatic carbocycles. The lowest BCUT2D eigenvalue weighted by Crippen LogP contribution is -2.51. The van der Waals surface area contributed by atoms with E-state index in [0.717, 1.165) is 45.4 Å². The maximum Gasteiger partial charge on any atom is 0.226 e. The van der Waals surface area contributed by atoms with Crippen molar-refractivity contribution < 1.29 is 4.79 Å². The van der Waals surface area contributed by atoms with Crippen LogP contribution in [0.3, 0.4) is 0 Å². The van der Waals surface area contributed by atoms with Gasteiger partial charge in [-0.25, -0.2) is 0 Å². The van der Waals surface area contributed by atoms with Crippen molar-refractivity contribution in [3.63, 3.8) is 0 Å². The van der Waals surface area contributed by atoms with Crippen LogP contribution in [0.5, 0.6) is 0 Å². The Labute approximate surface area is 162 Å². The molecule has 1 heterocycles. The normalized spacial score (nSPS) is 20.8. The molecule has 1 fully saturated rings. The lowest BCUT2D eigenvalue weighted by molar-refractivity contribution is -0.137. The van der Waals surface area contributed by atoms with Crippen LogP contribution in [0, 0.1) is 5.92 Å². The molecule has 140 valence electrons. The minimum atomic E-state index is 0.195. The summed E-state index contributed by atoms with van der Waals surface area (Å²) in [6.07, 6.45) is 7.33. The van der Waals surface area contributed by atoms with Crippen LogP contribution in [0.1, 0.15) is 36.4 Å². The van der Waals surface area contributed by atoms with E-state index in [2.05, 4.69) is 82.6 Å². The summed E-state index contributed by atoms with van der Waals surface area (Å²) in [6.45, 7) is 3.50. The molecular formula is C24H28N2O. The lowest BCUT2D eigenvalue weighted by Gasteiger charge is -2.40. The molecule has 0 radical (unpaired) electrons. The molecule has 4 rings (SSSR count). The van der Waals surface area contributed by atoms with E-state index in [1.54, 1.807) is 0 Å². The summed E-state index contributed by atoms with van der Waals surface area (Å²) in [5.41, 5.74) is 2.64. The Kier molecular flexibility index (Phi) is 5.69. The number of allylic oxidation sites excluding steroid dienone is 2. The highest BCUT2D eigenvalue weighted by molar-refractivity contribution is 5.79. The van der Waals surface area contributed by atoms with Crippen LogP contribution < -0.4 is 0 Å². The Hall–Kier alpha value is -2.39. The highest BCUT2D eigenvalue weighted by Gasteiger charge is 2.30. The van der Waals surface area contributed by atoms with E-state index in [9.17, 15) is 4.79 Å². The van der Waals surface area contributed by atoms with Crippen LogP contribution in [0.15, 0.2) is 72.8 Å². The lowest BCUT2D eigenvalue weighted by atomic mass is 9.92. The molecule has 1 aliphatic heterocycles. The van der Waals surface area contributed by atoms with Gasteiger partial charge in [-0.3, -0.25) is 9.69 Å². The minimum absolute atomic E-state index is 0.195. The fraction of sp³-hybridized carbons (Fsp3) is 0.375. The maximum atomic E-state index is 12.8. The fourth-order valence-electron chi connectivity index (χ4n) is 4.36. The van der Waals surface area contributed by atoms with Crippen molar-refractivity contribution in [1.82, 2.24) is 9.80 Å². The molecule has 0 saturated carbocycles. The summed E-state index contributed by atoms with van der Waals surface area (Å²) in [5.74, 6) is 0.551. The zero-order chi connectivity index (χ0) is 18.5. The van der Waals surface area contributed by atoms with Crippen LogP contribution >= 0.6 is 0 Å². The second-order valence-electron chi connectivity index (χ2n) is 7.57. The van der Waals surface area contributed by atoms with Gasteiger partial charge in [-0.05, 0) is 30.4 Å². The van der Waals surface area contributed by atoms with Crippen molar-refractivity contribution in [3.05, 3.63) is 83.9 Å². The minimum Gasteiger partial charge on any atom is -0.340 e. The van der Waals surface area contributed by atoms with Gasteiger partial charge in [-0.2, -0.15) is 0 Å². The molecular weight excluding hydrogens is 332 g/mol. The molecule has 2 aliphatic rings. The molecule has 0 N–H and O–H groups in total. The third-order valence-corrected chi connectivity index (χ3v) is 5.84. The maximum absolute atomic E-state index is 12.8. The quantitative estimate of drug-likeness (QED) is 0.760. The standard InChI is InChI=1S/C24H28N2O/c27-24(22-14-8-3-9-15-22)26-18-16-25(17-19-26)23(20-10-4-1-5-11-20)21-12-6-2-7-13-21/h1-8,10-13,22-23H,9,14-19H2/t22-/m0/s1. The van der Waals surface area contributed by atoms with E-state index in [0.29, 0.717) is 5.91 Å². The number of hydrogen-bond acceptors (Lipinski definition) is 2. The molecule has 1 saturated heterocycles. The summed E-state index contributed by atoms with van der Waals surface area (Å²) in [5, 5.41) is 0. The molecule has 3 nitrogen and oxygen atoms in total. The van der Waals surface area contributed by atoms with E-state index in [1.165, 1.54) is 11.1 Å². The van der Waals surface area contributed by atoms with Crippen LogP contribution in [-0.4, -0.2) is 41.9 Å². The van der Waals surface area contributed by atoms with Crippen LogP contribution in [0.4, 0.5) is 0 Å². The monoisotopic (exact) mass is 360 g/mol. The number of hydrogen-bond donors (Lipinski definition) is 0. The molecule has 3 heteroatoms. The van der Waals surface area contributed by atoms with Gasteiger partial charge in [-0.1, -0.05) is 72.8 Å². The van der Waals surface area contributed by atoms with Crippen molar-refractivity contribution >= 4 is 5.91 Å². The highest BCUT2D eigenvalue weighted by atomic mass is 16.2. The third-order valence-electron chi connectivity index (χ3n) is 5.84. The van der Waals surface area contributed by atoms with Gasteiger partial charge >= 0.3 is 0 Å². The SMILES string of the molecule is O=C([C@H]1CC=CCC1)N1CCN(C(c2ccccc2)c2ccccc2)CC1. The van der Waals surface area contributed by atoms with E-state index in [4.69, 9.17) is 0 Å². The van der Waals surface area contributed by atoms with Gasteiger partial charge in [0.05, 0.1) is 6.04 Å². The summed E-state index contributed by atoms with van der Waals surface area (Å²) in [7, 11) is 0. The molecule has 1 aliphatic carbocycles. The fourth-order valence-corrected chi connectivity index (χ4v) is 4.36. The van der Waals surface area contributed by atoms with E-state index in [1.807, 2.05) is 0 Å². The van der Waals surface area contributed by atoms with E-state index in [-0.39, 0.29) is 12.0 Å². The molecule has 2 aromatic rings. The van der Waals surface area contributed by atoms with E-state index >= 15 is 0 Å². The first kappa shape index (κ1) is 18.0. The van der Waals surface area contributed by atoms with Gasteiger partial charge in [0.1, 0.15) is 0 Å². The van der Waals surface area contributed by atoms with Gasteiger partial charge in [0.25, 0.3) is 0 Å². The number of amides is 1. The summed E-state index contributed by atoms with van der Waals surface area (Å²) < 4.78 is 0. The van der Waals surface area contributed by atoms with Crippen molar-refractivity contribution in [2.45, 2.75) is 25.3 Å². The number of benzene rings is 2. The zero-order valence-corrected chi connectivity index (χ0v) is 15.8. The van der Waals surface area contributed by atoms with Gasteiger partial charge in [0, 0.05) is 32.1 Å². The van der Waals surface area contributed by atoms with Crippen molar-refractivity contribution in [2.24, 2.45) is 5.92 Å². The van der Waals surface area contributed by atoms with Gasteiger partial charge in [0.2, 0.25) is 5.91 Å². The first-order valence-corrected chi connectivity index (χ1v) is 10.1. The largest absolute Gasteiger partial charge is 0.340 e. The Morgan fingerprint density at radius 1 is 0.815 bits per heavy atom. The highest BCUT2D eigenvalue weighted by Crippen LogP contribution is 2.30. The van der Waals surface area contributed by atoms with Crippen molar-refractivity contribution in [1.29, 1.82) is 0 Å². The Morgan fingerprint density at radius 3 is 1.93 bits per heavy atom. The number of nitrogens with zero attached hydrogens (tertiary/aromatic N) is 2. The molecule has 1 atom stereocenters. The first-order valence-electron chi connectivity index (χ1n) is 10.1. The van der Waals surface area contributed by atoms with E-state index < -0.39 is 0 Å². The Balaban J connectivity index is 1.47. The third kappa shape index (κ3) is 4.14. The second-order valence-corrected chi connectivity index (χ2v) is 7.57. The smallest absolute Gasteiger partial charge is 0.226 e. The van der Waals surface area contributed by atoms with Crippen LogP contribution in [-0.2, 0) is 4.79 Å². The number of rotatable bonds is 4. The number of piperazine rings is 1. The van der Waals surface area contributed by atoms with Gasteiger partial charge < -0.3 is 4.90 Å². The molecule has 0 unspecified atom stereocenters. The first-order chi connectivity index (χ1) is 13.3. The molecule has 0 bridgehead atoms. The van der Waals surface area contributed by atoms with Gasteiger partial charge in [0.15, 0.2) is 0 Å². The molecule has 0 aromatic heterocycles. The average Bonchev–Trinajstić information content (AvgIpc) is 2.76. The predicted molar refractivity (Wildman–Crippen MR) is 109 cm³/mol. The Morgan fingerprint density at radius 2 is 1.41 bits per heavy atom. The summed E-state index contributed by atoms with van der Waals surface area (Å²) in [6, 6.07) is 21.7.